The number of allylic oxidation sites excluding steroid dienone is 2. The number of carboxylic acid groups (broad SMARTS) is 1. The minimum atomic E-state index is -4.28. The van der Waals surface area contributed by atoms with Gasteiger partial charge in [0.05, 0.1) is 21.5 Å². The van der Waals surface area contributed by atoms with Gasteiger partial charge >= 0.3 is 5.97 Å². The molecule has 38 heavy (non-hydrogen) atoms. The van der Waals surface area contributed by atoms with E-state index in [1.807, 2.05) is 50.0 Å². The Hall–Kier alpha value is -2.75. The van der Waals surface area contributed by atoms with Gasteiger partial charge in [0.1, 0.15) is 12.4 Å². The van der Waals surface area contributed by atoms with Crippen LogP contribution in [0.3, 0.4) is 0 Å². The normalized spacial score (nSPS) is 14.4. The van der Waals surface area contributed by atoms with E-state index in [1.54, 1.807) is 12.1 Å². The van der Waals surface area contributed by atoms with Crippen LogP contribution in [0.5, 0.6) is 0 Å². The van der Waals surface area contributed by atoms with E-state index >= 15 is 0 Å². The maximum absolute atomic E-state index is 13.5. The third kappa shape index (κ3) is 6.27. The van der Waals surface area contributed by atoms with Gasteiger partial charge in [-0.25, -0.2) is 8.42 Å². The van der Waals surface area contributed by atoms with Crippen molar-refractivity contribution in [2.45, 2.75) is 11.8 Å². The van der Waals surface area contributed by atoms with Gasteiger partial charge in [-0.05, 0) is 75.1 Å². The number of nitrogens with one attached hydrogen (secondary N) is 2. The van der Waals surface area contributed by atoms with Gasteiger partial charge in [-0.1, -0.05) is 23.2 Å². The van der Waals surface area contributed by atoms with Crippen molar-refractivity contribution in [2.24, 2.45) is 0 Å². The van der Waals surface area contributed by atoms with E-state index in [2.05, 4.69) is 15.3 Å². The van der Waals surface area contributed by atoms with Crippen molar-refractivity contribution in [3.63, 3.8) is 0 Å². The molecule has 13 heteroatoms. The summed E-state index contributed by atoms with van der Waals surface area (Å²) in [6.07, 6.45) is 5.94. The highest BCUT2D eigenvalue weighted by molar-refractivity contribution is 7.92. The first-order chi connectivity index (χ1) is 18.0. The Morgan fingerprint density at radius 1 is 1.13 bits per heavy atom. The molecule has 1 aromatic heterocycles. The zero-order valence-electron chi connectivity index (χ0n) is 21.0. The molecule has 1 aliphatic heterocycles. The van der Waals surface area contributed by atoms with Gasteiger partial charge in [-0.3, -0.25) is 9.10 Å². The topological polar surface area (TPSA) is 107 Å². The zero-order valence-corrected chi connectivity index (χ0v) is 24.3. The summed E-state index contributed by atoms with van der Waals surface area (Å²) < 4.78 is 29.9. The summed E-state index contributed by atoms with van der Waals surface area (Å²) in [5.41, 5.74) is 3.00. The number of sulfonamides is 1. The lowest BCUT2D eigenvalue weighted by atomic mass is 10.1. The fourth-order valence-corrected chi connectivity index (χ4v) is 7.07. The second kappa shape index (κ2) is 11.6. The number of nitrogens with zero attached hydrogens (tertiary/aromatic N) is 3. The first-order valence-electron chi connectivity index (χ1n) is 11.6. The standard InChI is InChI=1S/C25H28Cl2N5O4PS/c1-16-10-20(32(15-24(33)34)38(35,36)21-13-18(26)12-19(27)14-21)11-17-6-8-31(25(16)17)22-4-5-23(37-29-22)28-7-9-30(2)3/h4-6,8,10-14,28-29,37H,7,9,15H2,1-3H3,(H,33,34). The molecule has 1 aliphatic rings. The van der Waals surface area contributed by atoms with E-state index in [-0.39, 0.29) is 20.6 Å². The van der Waals surface area contributed by atoms with E-state index in [4.69, 9.17) is 23.2 Å². The van der Waals surface area contributed by atoms with E-state index in [9.17, 15) is 18.3 Å². The highest BCUT2D eigenvalue weighted by atomic mass is 35.5. The van der Waals surface area contributed by atoms with Gasteiger partial charge < -0.3 is 25.0 Å². The SMILES string of the molecule is Cc1cc(N(CC(=O)O)S(=O)(=O)c2cc(Cl)cc(Cl)c2)cc2ccn(C3=CC=C(NCCN(C)C)PN3)c12. The molecule has 1 unspecified atom stereocenters. The number of carboxylic acids is 1. The minimum absolute atomic E-state index is 0.133. The van der Waals surface area contributed by atoms with Crippen LogP contribution in [0.25, 0.3) is 16.7 Å². The van der Waals surface area contributed by atoms with Crippen LogP contribution in [-0.4, -0.2) is 62.7 Å². The molecule has 0 bridgehead atoms. The van der Waals surface area contributed by atoms with Gasteiger partial charge in [0.2, 0.25) is 0 Å². The monoisotopic (exact) mass is 595 g/mol. The van der Waals surface area contributed by atoms with Crippen molar-refractivity contribution in [1.82, 2.24) is 19.9 Å². The van der Waals surface area contributed by atoms with Crippen molar-refractivity contribution in [3.8, 4) is 0 Å². The Morgan fingerprint density at radius 3 is 2.45 bits per heavy atom. The molecule has 3 N–H and O–H groups in total. The Morgan fingerprint density at radius 2 is 1.84 bits per heavy atom. The van der Waals surface area contributed by atoms with Crippen molar-refractivity contribution in [2.75, 3.05) is 38.0 Å². The second-order valence-corrected chi connectivity index (χ2v) is 12.8. The minimum Gasteiger partial charge on any atom is -0.480 e. The number of fused-ring (bicyclic) bond motifs is 1. The van der Waals surface area contributed by atoms with Crippen molar-refractivity contribution in [3.05, 3.63) is 75.8 Å². The maximum atomic E-state index is 13.5. The Kier molecular flexibility index (Phi) is 8.59. The molecule has 0 radical (unpaired) electrons. The smallest absolute Gasteiger partial charge is 0.324 e. The van der Waals surface area contributed by atoms with Crippen LogP contribution >= 0.6 is 31.9 Å². The van der Waals surface area contributed by atoms with Gasteiger partial charge in [0.25, 0.3) is 10.0 Å². The van der Waals surface area contributed by atoms with Gasteiger partial charge in [-0.2, -0.15) is 0 Å². The molecular weight excluding hydrogens is 568 g/mol. The van der Waals surface area contributed by atoms with Crippen molar-refractivity contribution >= 4 is 70.3 Å². The summed E-state index contributed by atoms with van der Waals surface area (Å²) in [7, 11) is 0.152. The van der Waals surface area contributed by atoms with Gasteiger partial charge in [-0.15, -0.1) is 0 Å². The zero-order chi connectivity index (χ0) is 27.6. The second-order valence-electron chi connectivity index (χ2n) is 9.01. The maximum Gasteiger partial charge on any atom is 0.324 e. The number of likely N-dealkylation sites (N-methyl/N-ethyl adjacent to an activating group) is 1. The van der Waals surface area contributed by atoms with Crippen molar-refractivity contribution < 1.29 is 18.3 Å². The Balaban J connectivity index is 1.70. The largest absolute Gasteiger partial charge is 0.480 e. The molecule has 4 rings (SSSR count). The predicted molar refractivity (Wildman–Crippen MR) is 156 cm³/mol. The summed E-state index contributed by atoms with van der Waals surface area (Å²) in [6, 6.07) is 9.11. The molecule has 1 atom stereocenters. The first-order valence-corrected chi connectivity index (χ1v) is 14.8. The summed E-state index contributed by atoms with van der Waals surface area (Å²) in [5, 5.41) is 17.4. The third-order valence-corrected chi connectivity index (χ3v) is 9.00. The number of anilines is 1. The Labute approximate surface area is 233 Å². The molecule has 2 heterocycles. The lowest BCUT2D eigenvalue weighted by Crippen LogP contribution is -2.35. The molecule has 0 saturated heterocycles. The van der Waals surface area contributed by atoms with Crippen molar-refractivity contribution in [1.29, 1.82) is 0 Å². The molecular formula is C25H28Cl2N5O4PS. The Bertz CT molecular complexity index is 1530. The molecule has 202 valence electrons. The van der Waals surface area contributed by atoms with Crippen LogP contribution in [0.4, 0.5) is 5.69 Å². The fourth-order valence-electron chi connectivity index (χ4n) is 4.09. The van der Waals surface area contributed by atoms with Crippen LogP contribution in [0.15, 0.2) is 65.1 Å². The van der Waals surface area contributed by atoms with Gasteiger partial charge in [0, 0.05) is 43.4 Å². The number of carbonyl (C=O) groups is 1. The average Bonchev–Trinajstić information content (AvgIpc) is 3.26. The predicted octanol–water partition coefficient (Wildman–Crippen LogP) is 4.52. The van der Waals surface area contributed by atoms with Crippen LogP contribution in [0.2, 0.25) is 10.0 Å². The number of halogens is 2. The molecule has 0 spiro atoms. The fraction of sp³-hybridized carbons (Fsp3) is 0.240. The first kappa shape index (κ1) is 28.3. The van der Waals surface area contributed by atoms with E-state index in [1.165, 1.54) is 18.2 Å². The van der Waals surface area contributed by atoms with Crippen LogP contribution < -0.4 is 14.7 Å². The van der Waals surface area contributed by atoms with Crippen LogP contribution in [-0.2, 0) is 14.8 Å². The third-order valence-electron chi connectivity index (χ3n) is 5.82. The van der Waals surface area contributed by atoms with Gasteiger partial charge in [0.15, 0.2) is 0 Å². The molecule has 0 fully saturated rings. The lowest BCUT2D eigenvalue weighted by Gasteiger charge is -2.24. The molecule has 0 saturated carbocycles. The summed E-state index contributed by atoms with van der Waals surface area (Å²) in [6.45, 7) is 2.88. The summed E-state index contributed by atoms with van der Waals surface area (Å²) in [5.74, 6) is -0.410. The average molecular weight is 596 g/mol. The number of rotatable bonds is 10. The number of aliphatic carboxylic acids is 1. The summed E-state index contributed by atoms with van der Waals surface area (Å²) >= 11 is 12.1. The quantitative estimate of drug-likeness (QED) is 0.296. The van der Waals surface area contributed by atoms with E-state index < -0.39 is 22.5 Å². The highest BCUT2D eigenvalue weighted by Crippen LogP contribution is 2.34. The number of aromatic nitrogens is 1. The molecule has 2 aromatic carbocycles. The van der Waals surface area contributed by atoms with E-state index in [0.717, 1.165) is 45.1 Å². The summed E-state index contributed by atoms with van der Waals surface area (Å²) in [4.78, 5) is 13.6. The highest BCUT2D eigenvalue weighted by Gasteiger charge is 2.29. The molecule has 0 aliphatic carbocycles. The van der Waals surface area contributed by atoms with Crippen LogP contribution in [0.1, 0.15) is 5.56 Å². The molecule has 0 amide bonds. The molecule has 9 nitrogen and oxygen atoms in total. The number of hydrogen-bond acceptors (Lipinski definition) is 6. The molecule has 3 aromatic rings. The van der Waals surface area contributed by atoms with Crippen LogP contribution in [0, 0.1) is 6.92 Å². The number of hydrogen-bond donors (Lipinski definition) is 3. The van der Waals surface area contributed by atoms with E-state index in [0.29, 0.717) is 8.73 Å². The lowest BCUT2D eigenvalue weighted by molar-refractivity contribution is -0.135. The number of benzene rings is 2. The number of aryl methyl sites for hydroxylation is 1.